The molecule has 4 atom stereocenters. The van der Waals surface area contributed by atoms with Gasteiger partial charge >= 0.3 is 0 Å². The Morgan fingerprint density at radius 3 is 2.76 bits per heavy atom. The fourth-order valence-electron chi connectivity index (χ4n) is 5.31. The zero-order chi connectivity index (χ0) is 15.3. The molecule has 0 saturated heterocycles. The maximum Gasteiger partial charge on any atom is 0.0459 e. The second kappa shape index (κ2) is 5.12. The normalized spacial score (nSPS) is 42.5. The summed E-state index contributed by atoms with van der Waals surface area (Å²) >= 11 is 0. The predicted octanol–water partition coefficient (Wildman–Crippen LogP) is 5.03. The first-order valence-corrected chi connectivity index (χ1v) is 8.57. The Hall–Kier alpha value is -0.820. The number of rotatable bonds is 2. The standard InChI is InChI=1S/C20H30O/c1-14(2)17-7-8-19(4)18(11-17)15(3)5-9-20(19)10-6-16(12-20)13-21/h5,9,16-17,21H,1,6-8,10-13H2,2-4H3. The fraction of sp³-hybridized carbons (Fsp3) is 0.700. The third kappa shape index (κ3) is 2.16. The summed E-state index contributed by atoms with van der Waals surface area (Å²) in [7, 11) is 0. The third-order valence-corrected chi connectivity index (χ3v) is 6.94. The quantitative estimate of drug-likeness (QED) is 0.706. The van der Waals surface area contributed by atoms with E-state index in [4.69, 9.17) is 0 Å². The Kier molecular flexibility index (Phi) is 3.68. The molecule has 116 valence electrons. The van der Waals surface area contributed by atoms with Crippen LogP contribution in [0.1, 0.15) is 59.3 Å². The van der Waals surface area contributed by atoms with E-state index < -0.39 is 0 Å². The summed E-state index contributed by atoms with van der Waals surface area (Å²) in [6.07, 6.45) is 12.2. The molecule has 1 heteroatoms. The van der Waals surface area contributed by atoms with Crippen molar-refractivity contribution < 1.29 is 5.11 Å². The van der Waals surface area contributed by atoms with Crippen LogP contribution in [0.3, 0.4) is 0 Å². The van der Waals surface area contributed by atoms with E-state index in [9.17, 15) is 5.11 Å². The molecule has 2 saturated carbocycles. The van der Waals surface area contributed by atoms with E-state index in [0.717, 1.165) is 0 Å². The Morgan fingerprint density at radius 1 is 1.38 bits per heavy atom. The van der Waals surface area contributed by atoms with E-state index in [1.165, 1.54) is 49.7 Å². The molecule has 1 N–H and O–H groups in total. The highest BCUT2D eigenvalue weighted by Crippen LogP contribution is 2.64. The lowest BCUT2D eigenvalue weighted by Crippen LogP contribution is -2.44. The highest BCUT2D eigenvalue weighted by Gasteiger charge is 2.54. The maximum absolute atomic E-state index is 9.58. The van der Waals surface area contributed by atoms with Crippen LogP contribution in [0.15, 0.2) is 35.5 Å². The molecule has 2 fully saturated rings. The second-order valence-corrected chi connectivity index (χ2v) is 8.06. The van der Waals surface area contributed by atoms with E-state index in [-0.39, 0.29) is 0 Å². The first-order valence-electron chi connectivity index (χ1n) is 8.57. The van der Waals surface area contributed by atoms with E-state index in [1.54, 1.807) is 5.57 Å². The molecule has 1 spiro atoms. The second-order valence-electron chi connectivity index (χ2n) is 8.06. The molecule has 0 aromatic heterocycles. The summed E-state index contributed by atoms with van der Waals surface area (Å²) in [5.41, 5.74) is 5.13. The van der Waals surface area contributed by atoms with Gasteiger partial charge in [-0.2, -0.15) is 0 Å². The average Bonchev–Trinajstić information content (AvgIpc) is 2.89. The smallest absolute Gasteiger partial charge is 0.0459 e. The number of fused-ring (bicyclic) bond motifs is 2. The van der Waals surface area contributed by atoms with Crippen LogP contribution in [-0.2, 0) is 0 Å². The monoisotopic (exact) mass is 286 g/mol. The van der Waals surface area contributed by atoms with Crippen LogP contribution < -0.4 is 0 Å². The Bertz CT molecular complexity index is 512. The molecule has 0 radical (unpaired) electrons. The van der Waals surface area contributed by atoms with Gasteiger partial charge in [-0.25, -0.2) is 0 Å². The summed E-state index contributed by atoms with van der Waals surface area (Å²) in [6, 6.07) is 0. The third-order valence-electron chi connectivity index (χ3n) is 6.94. The van der Waals surface area contributed by atoms with E-state index >= 15 is 0 Å². The van der Waals surface area contributed by atoms with Gasteiger partial charge in [0.2, 0.25) is 0 Å². The van der Waals surface area contributed by atoms with Crippen molar-refractivity contribution >= 4 is 0 Å². The van der Waals surface area contributed by atoms with Gasteiger partial charge in [-0.3, -0.25) is 0 Å². The first kappa shape index (κ1) is 15.1. The molecule has 0 heterocycles. The largest absolute Gasteiger partial charge is 0.396 e. The van der Waals surface area contributed by atoms with Crippen molar-refractivity contribution in [3.8, 4) is 0 Å². The highest BCUT2D eigenvalue weighted by molar-refractivity contribution is 5.41. The molecule has 0 amide bonds. The van der Waals surface area contributed by atoms with Crippen molar-refractivity contribution in [2.24, 2.45) is 22.7 Å². The maximum atomic E-state index is 9.58. The average molecular weight is 286 g/mol. The molecular weight excluding hydrogens is 256 g/mol. The molecule has 4 unspecified atom stereocenters. The lowest BCUT2D eigenvalue weighted by molar-refractivity contribution is 0.0892. The van der Waals surface area contributed by atoms with Gasteiger partial charge < -0.3 is 5.11 Å². The van der Waals surface area contributed by atoms with Crippen molar-refractivity contribution in [2.75, 3.05) is 6.61 Å². The van der Waals surface area contributed by atoms with E-state index in [1.807, 2.05) is 0 Å². The van der Waals surface area contributed by atoms with E-state index in [2.05, 4.69) is 39.5 Å². The molecule has 0 aromatic rings. The predicted molar refractivity (Wildman–Crippen MR) is 89.0 cm³/mol. The molecule has 3 aliphatic carbocycles. The fourth-order valence-corrected chi connectivity index (χ4v) is 5.31. The lowest BCUT2D eigenvalue weighted by atomic mass is 9.50. The Morgan fingerprint density at radius 2 is 2.14 bits per heavy atom. The van der Waals surface area contributed by atoms with Crippen LogP contribution in [0.4, 0.5) is 0 Å². The summed E-state index contributed by atoms with van der Waals surface area (Å²) in [5.74, 6) is 1.17. The minimum atomic E-state index is 0.301. The zero-order valence-corrected chi connectivity index (χ0v) is 13.9. The molecule has 0 aliphatic heterocycles. The van der Waals surface area contributed by atoms with Gasteiger partial charge in [0, 0.05) is 6.61 Å². The van der Waals surface area contributed by atoms with Crippen molar-refractivity contribution in [1.29, 1.82) is 0 Å². The van der Waals surface area contributed by atoms with Crippen LogP contribution in [-0.4, -0.2) is 11.7 Å². The highest BCUT2D eigenvalue weighted by atomic mass is 16.3. The van der Waals surface area contributed by atoms with Gasteiger partial charge in [-0.15, -0.1) is 0 Å². The van der Waals surface area contributed by atoms with Crippen molar-refractivity contribution in [2.45, 2.75) is 59.3 Å². The van der Waals surface area contributed by atoms with Crippen LogP contribution in [0.25, 0.3) is 0 Å². The van der Waals surface area contributed by atoms with Gasteiger partial charge in [0.25, 0.3) is 0 Å². The number of allylic oxidation sites excluding steroid dienone is 5. The summed E-state index contributed by atoms with van der Waals surface area (Å²) in [4.78, 5) is 0. The molecule has 0 bridgehead atoms. The van der Waals surface area contributed by atoms with Crippen molar-refractivity contribution in [3.63, 3.8) is 0 Å². The summed E-state index contributed by atoms with van der Waals surface area (Å²) in [5, 5.41) is 9.58. The van der Waals surface area contributed by atoms with Gasteiger partial charge in [0.1, 0.15) is 0 Å². The van der Waals surface area contributed by atoms with Crippen LogP contribution in [0, 0.1) is 22.7 Å². The summed E-state index contributed by atoms with van der Waals surface area (Å²) in [6.45, 7) is 11.5. The topological polar surface area (TPSA) is 20.2 Å². The number of hydrogen-bond acceptors (Lipinski definition) is 1. The van der Waals surface area contributed by atoms with Crippen LogP contribution >= 0.6 is 0 Å². The molecule has 21 heavy (non-hydrogen) atoms. The van der Waals surface area contributed by atoms with Gasteiger partial charge in [0.15, 0.2) is 0 Å². The van der Waals surface area contributed by atoms with E-state index in [0.29, 0.717) is 29.3 Å². The minimum absolute atomic E-state index is 0.301. The van der Waals surface area contributed by atoms with Crippen molar-refractivity contribution in [1.82, 2.24) is 0 Å². The number of aliphatic hydroxyl groups excluding tert-OH is 1. The molecule has 3 aliphatic rings. The zero-order valence-electron chi connectivity index (χ0n) is 13.9. The van der Waals surface area contributed by atoms with Crippen LogP contribution in [0.5, 0.6) is 0 Å². The lowest BCUT2D eigenvalue weighted by Gasteiger charge is -2.54. The van der Waals surface area contributed by atoms with Gasteiger partial charge in [-0.05, 0) is 75.0 Å². The SMILES string of the molecule is C=C(C)C1CCC2(C)C(=C(C)C=CC23CCC(CO)C3)C1. The molecule has 3 rings (SSSR count). The molecule has 1 nitrogen and oxygen atoms in total. The van der Waals surface area contributed by atoms with Gasteiger partial charge in [0.05, 0.1) is 0 Å². The summed E-state index contributed by atoms with van der Waals surface area (Å²) < 4.78 is 0. The van der Waals surface area contributed by atoms with Gasteiger partial charge in [-0.1, -0.05) is 42.4 Å². The number of hydrogen-bond donors (Lipinski definition) is 1. The first-order chi connectivity index (χ1) is 9.92. The van der Waals surface area contributed by atoms with Crippen molar-refractivity contribution in [3.05, 3.63) is 35.5 Å². The molecule has 0 aromatic carbocycles. The Balaban J connectivity index is 1.96. The minimum Gasteiger partial charge on any atom is -0.396 e. The Labute approximate surface area is 129 Å². The number of aliphatic hydroxyl groups is 1. The van der Waals surface area contributed by atoms with Crippen LogP contribution in [0.2, 0.25) is 0 Å². The molecular formula is C20H30O.